The molecule has 9 heteroatoms. The van der Waals surface area contributed by atoms with Gasteiger partial charge in [-0.15, -0.1) is 0 Å². The lowest BCUT2D eigenvalue weighted by Crippen LogP contribution is -2.05. The molecule has 0 aliphatic carbocycles. The highest BCUT2D eigenvalue weighted by atomic mass is 35.5. The third-order valence-corrected chi connectivity index (χ3v) is 4.83. The van der Waals surface area contributed by atoms with Gasteiger partial charge in [0.05, 0.1) is 20.5 Å². The molecule has 4 aromatic rings. The van der Waals surface area contributed by atoms with E-state index in [2.05, 4.69) is 15.1 Å². The lowest BCUT2D eigenvalue weighted by molar-refractivity contribution is -0.133. The lowest BCUT2D eigenvalue weighted by Gasteiger charge is -2.09. The largest absolute Gasteiger partial charge is 0.503 e. The van der Waals surface area contributed by atoms with Crippen LogP contribution in [0.2, 0.25) is 5.02 Å². The lowest BCUT2D eigenvalue weighted by atomic mass is 9.98. The van der Waals surface area contributed by atoms with Crippen molar-refractivity contribution in [2.45, 2.75) is 0 Å². The van der Waals surface area contributed by atoms with Gasteiger partial charge in [-0.1, -0.05) is 41.0 Å². The van der Waals surface area contributed by atoms with E-state index in [1.807, 2.05) is 12.1 Å². The zero-order chi connectivity index (χ0) is 23.2. The van der Waals surface area contributed by atoms with E-state index in [4.69, 9.17) is 30.3 Å². The summed E-state index contributed by atoms with van der Waals surface area (Å²) in [6, 6.07) is 17.5. The van der Waals surface area contributed by atoms with Crippen molar-refractivity contribution in [2.24, 2.45) is 0 Å². The van der Waals surface area contributed by atoms with Crippen molar-refractivity contribution in [3.05, 3.63) is 83.8 Å². The highest BCUT2D eigenvalue weighted by Gasteiger charge is 2.20. The molecule has 0 radical (unpaired) electrons. The van der Waals surface area contributed by atoms with Crippen molar-refractivity contribution in [3.8, 4) is 34.3 Å². The fourth-order valence-electron chi connectivity index (χ4n) is 3.07. The van der Waals surface area contributed by atoms with Gasteiger partial charge in [-0.25, -0.2) is 14.8 Å². The molecule has 0 saturated heterocycles. The van der Waals surface area contributed by atoms with Gasteiger partial charge in [0.2, 0.25) is 5.88 Å². The van der Waals surface area contributed by atoms with E-state index in [1.54, 1.807) is 48.5 Å². The minimum absolute atomic E-state index is 0.251. The van der Waals surface area contributed by atoms with E-state index >= 15 is 0 Å². The Morgan fingerprint density at radius 1 is 1.00 bits per heavy atom. The van der Waals surface area contributed by atoms with Crippen LogP contribution in [0.25, 0.3) is 28.3 Å². The van der Waals surface area contributed by atoms with Crippen LogP contribution in [0.3, 0.4) is 0 Å². The summed E-state index contributed by atoms with van der Waals surface area (Å²) >= 11 is 5.91. The molecule has 2 aromatic heterocycles. The SMILES string of the molecule is CO/C=C(\C(=O)OC)c1ccccc1-c1cc(-c2cc(Oc3ccc(Cl)cc3)ncn2)on1. The summed E-state index contributed by atoms with van der Waals surface area (Å²) in [5.41, 5.74) is 2.48. The molecule has 2 heterocycles. The molecule has 0 aliphatic heterocycles. The van der Waals surface area contributed by atoms with Gasteiger partial charge in [0.1, 0.15) is 29.0 Å². The molecular formula is C24H18ClN3O5. The van der Waals surface area contributed by atoms with Gasteiger partial charge in [-0.2, -0.15) is 0 Å². The second-order valence-electron chi connectivity index (χ2n) is 6.68. The maximum absolute atomic E-state index is 12.3. The third kappa shape index (κ3) is 5.02. The van der Waals surface area contributed by atoms with Crippen molar-refractivity contribution >= 4 is 23.1 Å². The number of rotatable bonds is 7. The number of hydrogen-bond donors (Lipinski definition) is 0. The molecule has 166 valence electrons. The van der Waals surface area contributed by atoms with Crippen LogP contribution < -0.4 is 4.74 Å². The number of carbonyl (C=O) groups excluding carboxylic acids is 1. The van der Waals surface area contributed by atoms with E-state index in [9.17, 15) is 4.79 Å². The molecule has 0 aliphatic rings. The Hall–Kier alpha value is -4.17. The van der Waals surface area contributed by atoms with Crippen molar-refractivity contribution < 1.29 is 23.5 Å². The summed E-state index contributed by atoms with van der Waals surface area (Å²) in [5, 5.41) is 4.77. The van der Waals surface area contributed by atoms with Crippen LogP contribution >= 0.6 is 11.6 Å². The number of halogens is 1. The molecule has 0 unspecified atom stereocenters. The number of hydrogen-bond acceptors (Lipinski definition) is 8. The van der Waals surface area contributed by atoms with Crippen LogP contribution in [0.15, 0.2) is 77.8 Å². The fraction of sp³-hybridized carbons (Fsp3) is 0.0833. The average Bonchev–Trinajstić information content (AvgIpc) is 3.34. The van der Waals surface area contributed by atoms with Gasteiger partial charge in [0.15, 0.2) is 5.76 Å². The summed E-state index contributed by atoms with van der Waals surface area (Å²) in [7, 11) is 2.76. The zero-order valence-corrected chi connectivity index (χ0v) is 18.4. The number of ether oxygens (including phenoxy) is 3. The number of aromatic nitrogens is 3. The minimum atomic E-state index is -0.534. The second-order valence-corrected chi connectivity index (χ2v) is 7.11. The molecule has 0 fully saturated rings. The van der Waals surface area contributed by atoms with E-state index in [1.165, 1.54) is 26.8 Å². The summed E-state index contributed by atoms with van der Waals surface area (Å²) in [6.45, 7) is 0. The summed E-state index contributed by atoms with van der Waals surface area (Å²) in [4.78, 5) is 20.6. The number of benzene rings is 2. The molecule has 0 bridgehead atoms. The maximum Gasteiger partial charge on any atom is 0.341 e. The van der Waals surface area contributed by atoms with Crippen molar-refractivity contribution in [2.75, 3.05) is 14.2 Å². The van der Waals surface area contributed by atoms with Gasteiger partial charge in [0, 0.05) is 28.3 Å². The first-order valence-corrected chi connectivity index (χ1v) is 10.1. The molecule has 0 amide bonds. The molecule has 0 spiro atoms. The standard InChI is InChI=1S/C24H18ClN3O5/c1-30-13-19(24(29)31-2)17-5-3-4-6-18(17)20-11-22(33-28-20)21-12-23(27-14-26-21)32-16-9-7-15(25)8-10-16/h3-14H,1-2H3/b19-13-. The fourth-order valence-corrected chi connectivity index (χ4v) is 3.19. The van der Waals surface area contributed by atoms with Crippen LogP contribution in [-0.4, -0.2) is 35.3 Å². The van der Waals surface area contributed by atoms with Crippen LogP contribution in [0.1, 0.15) is 5.56 Å². The quantitative estimate of drug-likeness (QED) is 0.204. The Morgan fingerprint density at radius 2 is 1.79 bits per heavy atom. The van der Waals surface area contributed by atoms with Crippen LogP contribution in [0.4, 0.5) is 0 Å². The Bertz CT molecular complexity index is 1300. The van der Waals surface area contributed by atoms with Gasteiger partial charge in [-0.05, 0) is 24.3 Å². The number of esters is 1. The Kier molecular flexibility index (Phi) is 6.66. The first-order valence-electron chi connectivity index (χ1n) is 9.72. The number of methoxy groups -OCH3 is 2. The zero-order valence-electron chi connectivity index (χ0n) is 17.7. The summed E-state index contributed by atoms with van der Waals surface area (Å²) in [6.07, 6.45) is 2.70. The molecule has 4 rings (SSSR count). The Labute approximate surface area is 194 Å². The van der Waals surface area contributed by atoms with Gasteiger partial charge in [0.25, 0.3) is 0 Å². The second kappa shape index (κ2) is 9.97. The van der Waals surface area contributed by atoms with Gasteiger partial charge in [-0.3, -0.25) is 0 Å². The summed E-state index contributed by atoms with van der Waals surface area (Å²) < 4.78 is 21.2. The normalized spacial score (nSPS) is 11.2. The highest BCUT2D eigenvalue weighted by Crippen LogP contribution is 2.32. The molecule has 0 atom stereocenters. The van der Waals surface area contributed by atoms with Crippen molar-refractivity contribution in [1.29, 1.82) is 0 Å². The molecule has 0 N–H and O–H groups in total. The Balaban J connectivity index is 1.65. The number of nitrogens with zero attached hydrogens (tertiary/aromatic N) is 3. The Morgan fingerprint density at radius 3 is 2.55 bits per heavy atom. The first-order chi connectivity index (χ1) is 16.1. The molecule has 8 nitrogen and oxygen atoms in total. The van der Waals surface area contributed by atoms with E-state index < -0.39 is 5.97 Å². The highest BCUT2D eigenvalue weighted by molar-refractivity contribution is 6.30. The topological polar surface area (TPSA) is 96.6 Å². The van der Waals surface area contributed by atoms with Crippen LogP contribution in [0.5, 0.6) is 11.6 Å². The van der Waals surface area contributed by atoms with Gasteiger partial charge >= 0.3 is 5.97 Å². The summed E-state index contributed by atoms with van der Waals surface area (Å²) in [5.74, 6) is 0.777. The molecule has 0 saturated carbocycles. The van der Waals surface area contributed by atoms with Crippen molar-refractivity contribution in [1.82, 2.24) is 15.1 Å². The van der Waals surface area contributed by atoms with Crippen LogP contribution in [0, 0.1) is 0 Å². The predicted octanol–water partition coefficient (Wildman–Crippen LogP) is 5.40. The van der Waals surface area contributed by atoms with E-state index in [0.717, 1.165) is 0 Å². The molecule has 33 heavy (non-hydrogen) atoms. The third-order valence-electron chi connectivity index (χ3n) is 4.57. The predicted molar refractivity (Wildman–Crippen MR) is 121 cm³/mol. The van der Waals surface area contributed by atoms with Gasteiger partial charge < -0.3 is 18.7 Å². The van der Waals surface area contributed by atoms with E-state index in [-0.39, 0.29) is 5.57 Å². The average molecular weight is 464 g/mol. The number of carbonyl (C=O) groups is 1. The monoisotopic (exact) mass is 463 g/mol. The van der Waals surface area contributed by atoms with Crippen molar-refractivity contribution in [3.63, 3.8) is 0 Å². The maximum atomic E-state index is 12.3. The molecule has 2 aromatic carbocycles. The molecular weight excluding hydrogens is 446 g/mol. The first kappa shape index (κ1) is 22.0. The smallest absolute Gasteiger partial charge is 0.341 e. The van der Waals surface area contributed by atoms with E-state index in [0.29, 0.717) is 44.9 Å². The minimum Gasteiger partial charge on any atom is -0.503 e. The van der Waals surface area contributed by atoms with Crippen LogP contribution in [-0.2, 0) is 14.3 Å².